The van der Waals surface area contributed by atoms with Crippen LogP contribution in [0.2, 0.25) is 0 Å². The summed E-state index contributed by atoms with van der Waals surface area (Å²) in [6, 6.07) is 11.0. The maximum absolute atomic E-state index is 2.55. The van der Waals surface area contributed by atoms with E-state index >= 15 is 0 Å². The molecule has 0 spiro atoms. The fourth-order valence-electron chi connectivity index (χ4n) is 3.13. The molecule has 1 aromatic rings. The number of hydrogen-bond acceptors (Lipinski definition) is 0. The van der Waals surface area contributed by atoms with Gasteiger partial charge in [0.05, 0.1) is 0 Å². The number of rotatable bonds is 14. The van der Waals surface area contributed by atoms with E-state index in [1.165, 1.54) is 82.6 Å². The number of unbranched alkanes of at least 4 members (excludes halogenated alkanes) is 9. The van der Waals surface area contributed by atoms with Gasteiger partial charge in [0.15, 0.2) is 0 Å². The molecule has 0 heterocycles. The van der Waals surface area contributed by atoms with E-state index in [0.29, 0.717) is 0 Å². The van der Waals surface area contributed by atoms with Crippen LogP contribution in [0.15, 0.2) is 42.0 Å². The molecule has 0 heteroatoms. The minimum atomic E-state index is 1.16. The summed E-state index contributed by atoms with van der Waals surface area (Å²) in [4.78, 5) is 0. The van der Waals surface area contributed by atoms with Gasteiger partial charge < -0.3 is 0 Å². The Morgan fingerprint density at radius 1 is 0.739 bits per heavy atom. The molecule has 1 rings (SSSR count). The summed E-state index contributed by atoms with van der Waals surface area (Å²) in [5.41, 5.74) is 3.14. The molecule has 130 valence electrons. The molecule has 0 aromatic heterocycles. The first-order chi connectivity index (χ1) is 11.4. The average molecular weight is 315 g/mol. The van der Waals surface area contributed by atoms with E-state index in [2.05, 4.69) is 50.3 Å². The lowest BCUT2D eigenvalue weighted by Crippen LogP contribution is -1.92. The van der Waals surface area contributed by atoms with Gasteiger partial charge in [0.1, 0.15) is 0 Å². The van der Waals surface area contributed by atoms with Crippen LogP contribution in [0.3, 0.4) is 0 Å². The van der Waals surface area contributed by atoms with Gasteiger partial charge in [-0.05, 0) is 37.7 Å². The zero-order chi connectivity index (χ0) is 16.6. The molecule has 0 bridgehead atoms. The Bertz CT molecular complexity index is 388. The van der Waals surface area contributed by atoms with Crippen LogP contribution in [0.25, 0.3) is 0 Å². The highest BCUT2D eigenvalue weighted by Gasteiger charge is 2.00. The van der Waals surface area contributed by atoms with Crippen LogP contribution in [0, 0.1) is 0 Å². The van der Waals surface area contributed by atoms with Crippen molar-refractivity contribution in [1.82, 2.24) is 0 Å². The molecule has 23 heavy (non-hydrogen) atoms. The minimum Gasteiger partial charge on any atom is -0.0850 e. The largest absolute Gasteiger partial charge is 0.0850 e. The van der Waals surface area contributed by atoms with Crippen molar-refractivity contribution in [2.24, 2.45) is 0 Å². The first kappa shape index (κ1) is 20.0. The second-order valence-electron chi connectivity index (χ2n) is 6.89. The smallest absolute Gasteiger partial charge is 0.00671 e. The monoisotopic (exact) mass is 314 g/mol. The summed E-state index contributed by atoms with van der Waals surface area (Å²) in [6.07, 6.45) is 20.1. The predicted octanol–water partition coefficient (Wildman–Crippen LogP) is 7.88. The van der Waals surface area contributed by atoms with Crippen LogP contribution < -0.4 is 0 Å². The Hall–Kier alpha value is -1.04. The number of benzene rings is 1. The van der Waals surface area contributed by atoms with Gasteiger partial charge in [-0.2, -0.15) is 0 Å². The van der Waals surface area contributed by atoms with Gasteiger partial charge in [-0.15, -0.1) is 0 Å². The molecule has 0 aliphatic carbocycles. The predicted molar refractivity (Wildman–Crippen MR) is 105 cm³/mol. The van der Waals surface area contributed by atoms with E-state index in [0.717, 1.165) is 6.42 Å². The van der Waals surface area contributed by atoms with Crippen LogP contribution in [-0.4, -0.2) is 0 Å². The lowest BCUT2D eigenvalue weighted by molar-refractivity contribution is 0.609. The highest BCUT2D eigenvalue weighted by atomic mass is 14.1. The van der Waals surface area contributed by atoms with Gasteiger partial charge >= 0.3 is 0 Å². The molecule has 0 unspecified atom stereocenters. The van der Waals surface area contributed by atoms with Crippen LogP contribution >= 0.6 is 0 Å². The first-order valence-corrected chi connectivity index (χ1v) is 10.1. The molecule has 0 amide bonds. The van der Waals surface area contributed by atoms with E-state index in [9.17, 15) is 0 Å². The van der Waals surface area contributed by atoms with E-state index in [1.54, 1.807) is 5.57 Å². The highest BCUT2D eigenvalue weighted by Crippen LogP contribution is 2.18. The Balaban J connectivity index is 2.35. The van der Waals surface area contributed by atoms with E-state index in [1.807, 2.05) is 0 Å². The van der Waals surface area contributed by atoms with Gasteiger partial charge in [-0.3, -0.25) is 0 Å². The van der Waals surface area contributed by atoms with Crippen LogP contribution in [0.5, 0.6) is 0 Å². The Labute approximate surface area is 145 Å². The van der Waals surface area contributed by atoms with Gasteiger partial charge in [0, 0.05) is 0 Å². The van der Waals surface area contributed by atoms with Crippen molar-refractivity contribution in [3.05, 3.63) is 47.5 Å². The molecular formula is C23H38. The number of hydrogen-bond donors (Lipinski definition) is 0. The normalized spacial score (nSPS) is 11.8. The van der Waals surface area contributed by atoms with Gasteiger partial charge in [0.25, 0.3) is 0 Å². The Kier molecular flexibility index (Phi) is 12.7. The second-order valence-corrected chi connectivity index (χ2v) is 6.89. The highest BCUT2D eigenvalue weighted by molar-refractivity contribution is 5.21. The Morgan fingerprint density at radius 2 is 1.35 bits per heavy atom. The summed E-state index contributed by atoms with van der Waals surface area (Å²) < 4.78 is 0. The molecule has 0 aliphatic rings. The fraction of sp³-hybridized carbons (Fsp3) is 0.652. The summed E-state index contributed by atoms with van der Waals surface area (Å²) in [7, 11) is 0. The summed E-state index contributed by atoms with van der Waals surface area (Å²) in [6.45, 7) is 4.58. The van der Waals surface area contributed by atoms with Crippen LogP contribution in [-0.2, 0) is 6.42 Å². The standard InChI is InChI=1S/C23H38/c1-3-5-7-9-10-11-14-18-22(17-13-8-6-4-2)21-23-19-15-12-16-20-23/h12,15-16,18-20H,3-11,13-14,17,21H2,1-2H3/b22-18+. The molecule has 1 aromatic carbocycles. The van der Waals surface area contributed by atoms with Crippen molar-refractivity contribution < 1.29 is 0 Å². The molecule has 0 saturated carbocycles. The third-order valence-corrected chi connectivity index (χ3v) is 4.62. The average Bonchev–Trinajstić information content (AvgIpc) is 2.58. The van der Waals surface area contributed by atoms with Gasteiger partial charge in [0.2, 0.25) is 0 Å². The van der Waals surface area contributed by atoms with Crippen LogP contribution in [0.4, 0.5) is 0 Å². The molecule has 0 saturated heterocycles. The molecule has 0 N–H and O–H groups in total. The molecule has 0 nitrogen and oxygen atoms in total. The van der Waals surface area contributed by atoms with E-state index in [4.69, 9.17) is 0 Å². The van der Waals surface area contributed by atoms with Crippen molar-refractivity contribution in [3.8, 4) is 0 Å². The lowest BCUT2D eigenvalue weighted by atomic mass is 9.97. The molecular weight excluding hydrogens is 276 g/mol. The first-order valence-electron chi connectivity index (χ1n) is 10.1. The SMILES string of the molecule is CCCCCCCC/C=C(\CCCCCC)Cc1ccccc1. The molecule has 0 fully saturated rings. The number of allylic oxidation sites excluding steroid dienone is 2. The Morgan fingerprint density at radius 3 is 2.04 bits per heavy atom. The van der Waals surface area contributed by atoms with Gasteiger partial charge in [-0.1, -0.05) is 107 Å². The zero-order valence-corrected chi connectivity index (χ0v) is 15.7. The fourth-order valence-corrected chi connectivity index (χ4v) is 3.13. The van der Waals surface area contributed by atoms with Crippen molar-refractivity contribution >= 4 is 0 Å². The third kappa shape index (κ3) is 11.2. The van der Waals surface area contributed by atoms with Gasteiger partial charge in [-0.25, -0.2) is 0 Å². The summed E-state index contributed by atoms with van der Waals surface area (Å²) in [5.74, 6) is 0. The van der Waals surface area contributed by atoms with Crippen molar-refractivity contribution in [2.75, 3.05) is 0 Å². The van der Waals surface area contributed by atoms with E-state index in [-0.39, 0.29) is 0 Å². The molecule has 0 atom stereocenters. The van der Waals surface area contributed by atoms with Crippen LogP contribution in [0.1, 0.15) is 96.5 Å². The minimum absolute atomic E-state index is 1.16. The molecule has 0 aliphatic heterocycles. The van der Waals surface area contributed by atoms with Crippen molar-refractivity contribution in [2.45, 2.75) is 97.3 Å². The lowest BCUT2D eigenvalue weighted by Gasteiger charge is -2.09. The van der Waals surface area contributed by atoms with Crippen molar-refractivity contribution in [1.29, 1.82) is 0 Å². The van der Waals surface area contributed by atoms with Crippen molar-refractivity contribution in [3.63, 3.8) is 0 Å². The topological polar surface area (TPSA) is 0 Å². The summed E-state index contributed by atoms with van der Waals surface area (Å²) in [5, 5.41) is 0. The third-order valence-electron chi connectivity index (χ3n) is 4.62. The second kappa shape index (κ2) is 14.5. The maximum Gasteiger partial charge on any atom is -0.00671 e. The molecule has 0 radical (unpaired) electrons. The zero-order valence-electron chi connectivity index (χ0n) is 15.7. The van der Waals surface area contributed by atoms with E-state index < -0.39 is 0 Å². The maximum atomic E-state index is 2.55. The summed E-state index contributed by atoms with van der Waals surface area (Å²) >= 11 is 0. The quantitative estimate of drug-likeness (QED) is 0.242.